The fourth-order valence-electron chi connectivity index (χ4n) is 4.73. The van der Waals surface area contributed by atoms with E-state index in [9.17, 15) is 8.78 Å². The lowest BCUT2D eigenvalue weighted by Gasteiger charge is -2.18. The third-order valence-corrected chi connectivity index (χ3v) is 6.56. The molecule has 0 bridgehead atoms. The van der Waals surface area contributed by atoms with Crippen LogP contribution in [0.15, 0.2) is 60.7 Å². The van der Waals surface area contributed by atoms with Gasteiger partial charge in [0, 0.05) is 5.56 Å². The molecule has 1 aliphatic carbocycles. The van der Waals surface area contributed by atoms with Gasteiger partial charge in [0.15, 0.2) is 23.1 Å². The molecule has 3 aromatic carbocycles. The summed E-state index contributed by atoms with van der Waals surface area (Å²) in [6.45, 7) is 4.72. The Balaban J connectivity index is 1.51. The first-order valence-electron chi connectivity index (χ1n) is 11.2. The van der Waals surface area contributed by atoms with Crippen LogP contribution >= 0.6 is 0 Å². The van der Waals surface area contributed by atoms with Crippen molar-refractivity contribution in [2.75, 3.05) is 6.79 Å². The Labute approximate surface area is 187 Å². The molecule has 0 saturated heterocycles. The van der Waals surface area contributed by atoms with Crippen LogP contribution in [0.3, 0.4) is 0 Å². The smallest absolute Gasteiger partial charge is 0.231 e. The first-order valence-corrected chi connectivity index (χ1v) is 11.2. The van der Waals surface area contributed by atoms with Crippen LogP contribution < -0.4 is 9.47 Å². The molecule has 0 fully saturated rings. The molecule has 0 radical (unpaired) electrons. The Morgan fingerprint density at radius 1 is 0.969 bits per heavy atom. The van der Waals surface area contributed by atoms with E-state index >= 15 is 0 Å². The highest BCUT2D eigenvalue weighted by molar-refractivity contribution is 5.76. The average Bonchev–Trinajstić information content (AvgIpc) is 3.21. The Hall–Kier alpha value is -3.14. The summed E-state index contributed by atoms with van der Waals surface area (Å²) >= 11 is 0. The molecule has 4 heteroatoms. The summed E-state index contributed by atoms with van der Waals surface area (Å²) in [4.78, 5) is 0. The van der Waals surface area contributed by atoms with Gasteiger partial charge in [-0.15, -0.1) is 0 Å². The first-order chi connectivity index (χ1) is 15.5. The van der Waals surface area contributed by atoms with Gasteiger partial charge in [-0.05, 0) is 83.2 Å². The number of benzene rings is 3. The van der Waals surface area contributed by atoms with Crippen molar-refractivity contribution in [2.24, 2.45) is 5.92 Å². The summed E-state index contributed by atoms with van der Waals surface area (Å²) in [5.41, 5.74) is 5.86. The highest BCUT2D eigenvalue weighted by Gasteiger charge is 2.21. The zero-order valence-corrected chi connectivity index (χ0v) is 18.3. The zero-order chi connectivity index (χ0) is 22.2. The fourth-order valence-corrected chi connectivity index (χ4v) is 4.73. The number of rotatable bonds is 4. The van der Waals surface area contributed by atoms with Crippen LogP contribution in [0.25, 0.3) is 16.7 Å². The Morgan fingerprint density at radius 2 is 1.81 bits per heavy atom. The molecule has 2 unspecified atom stereocenters. The van der Waals surface area contributed by atoms with Crippen molar-refractivity contribution >= 4 is 5.57 Å². The summed E-state index contributed by atoms with van der Waals surface area (Å²) in [5.74, 6) is 0.684. The second-order valence-electron chi connectivity index (χ2n) is 8.90. The third kappa shape index (κ3) is 3.90. The van der Waals surface area contributed by atoms with E-state index in [1.54, 1.807) is 12.1 Å². The van der Waals surface area contributed by atoms with E-state index in [0.717, 1.165) is 42.4 Å². The van der Waals surface area contributed by atoms with Crippen molar-refractivity contribution in [3.8, 4) is 22.6 Å². The second kappa shape index (κ2) is 8.42. The molecule has 32 heavy (non-hydrogen) atoms. The van der Waals surface area contributed by atoms with E-state index in [1.165, 1.54) is 16.7 Å². The minimum Gasteiger partial charge on any atom is -0.454 e. The molecule has 0 spiro atoms. The predicted octanol–water partition coefficient (Wildman–Crippen LogP) is 7.52. The number of allylic oxidation sites excluding steroid dienone is 2. The van der Waals surface area contributed by atoms with E-state index in [-0.39, 0.29) is 12.7 Å². The number of fused-ring (bicyclic) bond motifs is 2. The number of halogens is 2. The van der Waals surface area contributed by atoms with Crippen molar-refractivity contribution < 1.29 is 18.3 Å². The van der Waals surface area contributed by atoms with Crippen LogP contribution in [0.4, 0.5) is 8.78 Å². The molecule has 5 rings (SSSR count). The molecule has 1 heterocycles. The van der Waals surface area contributed by atoms with Crippen molar-refractivity contribution in [3.63, 3.8) is 0 Å². The number of hydrogen-bond acceptors (Lipinski definition) is 2. The summed E-state index contributed by atoms with van der Waals surface area (Å²) < 4.78 is 39.3. The number of hydrogen-bond donors (Lipinski definition) is 0. The second-order valence-corrected chi connectivity index (χ2v) is 8.90. The zero-order valence-electron chi connectivity index (χ0n) is 18.3. The van der Waals surface area contributed by atoms with Crippen molar-refractivity contribution in [1.29, 1.82) is 0 Å². The topological polar surface area (TPSA) is 18.5 Å². The highest BCUT2D eigenvalue weighted by Crippen LogP contribution is 2.40. The maximum atomic E-state index is 14.5. The lowest BCUT2D eigenvalue weighted by Crippen LogP contribution is -1.99. The molecular weight excluding hydrogens is 406 g/mol. The van der Waals surface area contributed by atoms with Crippen LogP contribution in [0, 0.1) is 17.6 Å². The van der Waals surface area contributed by atoms with Crippen molar-refractivity contribution in [3.05, 3.63) is 89.0 Å². The summed E-state index contributed by atoms with van der Waals surface area (Å²) in [7, 11) is 0. The molecule has 0 saturated carbocycles. The van der Waals surface area contributed by atoms with Crippen LogP contribution in [0.5, 0.6) is 11.5 Å². The SMILES string of the molecule is CC1C=C(CC(C)c2ccc3c(c2)OCO3)c2cc(-c3cccc(F)c3F)ccc2CC1. The summed E-state index contributed by atoms with van der Waals surface area (Å²) in [6.07, 6.45) is 5.25. The molecule has 3 aromatic rings. The monoisotopic (exact) mass is 432 g/mol. The molecule has 2 atom stereocenters. The van der Waals surface area contributed by atoms with Crippen molar-refractivity contribution in [2.45, 2.75) is 39.0 Å². The van der Waals surface area contributed by atoms with E-state index < -0.39 is 11.6 Å². The first kappa shape index (κ1) is 20.7. The van der Waals surface area contributed by atoms with Crippen LogP contribution in [0.2, 0.25) is 0 Å². The van der Waals surface area contributed by atoms with Gasteiger partial charge >= 0.3 is 0 Å². The number of aryl methyl sites for hydroxylation is 1. The molecule has 1 aliphatic heterocycles. The molecule has 2 aliphatic rings. The number of ether oxygens (including phenoxy) is 2. The largest absolute Gasteiger partial charge is 0.454 e. The summed E-state index contributed by atoms with van der Waals surface area (Å²) in [6, 6.07) is 16.5. The van der Waals surface area contributed by atoms with Gasteiger partial charge in [-0.3, -0.25) is 0 Å². The lowest BCUT2D eigenvalue weighted by atomic mass is 9.87. The fraction of sp³-hybridized carbons (Fsp3) is 0.286. The van der Waals surface area contributed by atoms with Crippen LogP contribution in [-0.2, 0) is 6.42 Å². The minimum absolute atomic E-state index is 0.266. The van der Waals surface area contributed by atoms with Crippen LogP contribution in [0.1, 0.15) is 49.3 Å². The average molecular weight is 433 g/mol. The minimum atomic E-state index is -0.821. The predicted molar refractivity (Wildman–Crippen MR) is 123 cm³/mol. The molecule has 0 N–H and O–H groups in total. The Kier molecular flexibility index (Phi) is 5.46. The van der Waals surface area contributed by atoms with Gasteiger partial charge in [0.05, 0.1) is 0 Å². The van der Waals surface area contributed by atoms with Crippen LogP contribution in [-0.4, -0.2) is 6.79 Å². The van der Waals surface area contributed by atoms with Gasteiger partial charge < -0.3 is 9.47 Å². The Bertz CT molecular complexity index is 1200. The van der Waals surface area contributed by atoms with E-state index in [1.807, 2.05) is 18.2 Å². The van der Waals surface area contributed by atoms with E-state index in [4.69, 9.17) is 9.47 Å². The maximum absolute atomic E-state index is 14.5. The molecule has 0 aromatic heterocycles. The van der Waals surface area contributed by atoms with Gasteiger partial charge in [0.2, 0.25) is 6.79 Å². The van der Waals surface area contributed by atoms with Gasteiger partial charge in [0.1, 0.15) is 0 Å². The standard InChI is InChI=1S/C28H26F2O2/c1-17-6-7-19-8-9-21(23-4-3-5-25(29)28(23)30)14-24(19)22(12-17)13-18(2)20-10-11-26-27(15-20)32-16-31-26/h3-5,8-12,14-15,17-18H,6-7,13,16H2,1-2H3. The van der Waals surface area contributed by atoms with Gasteiger partial charge in [-0.2, -0.15) is 0 Å². The normalized spacial score (nSPS) is 18.0. The van der Waals surface area contributed by atoms with E-state index in [2.05, 4.69) is 38.1 Å². The Morgan fingerprint density at radius 3 is 2.69 bits per heavy atom. The summed E-state index contributed by atoms with van der Waals surface area (Å²) in [5, 5.41) is 0. The van der Waals surface area contributed by atoms with Gasteiger partial charge in [-0.25, -0.2) is 8.78 Å². The maximum Gasteiger partial charge on any atom is 0.231 e. The molecule has 0 amide bonds. The molecular formula is C28H26F2O2. The highest BCUT2D eigenvalue weighted by atomic mass is 19.2. The van der Waals surface area contributed by atoms with Crippen molar-refractivity contribution in [1.82, 2.24) is 0 Å². The van der Waals surface area contributed by atoms with Gasteiger partial charge in [-0.1, -0.05) is 50.3 Å². The molecule has 2 nitrogen and oxygen atoms in total. The lowest BCUT2D eigenvalue weighted by molar-refractivity contribution is 0.174. The third-order valence-electron chi connectivity index (χ3n) is 6.56. The quantitative estimate of drug-likeness (QED) is 0.424. The van der Waals surface area contributed by atoms with E-state index in [0.29, 0.717) is 17.0 Å². The molecule has 164 valence electrons. The van der Waals surface area contributed by atoms with Gasteiger partial charge in [0.25, 0.3) is 0 Å².